The molecule has 0 amide bonds. The van der Waals surface area contributed by atoms with Crippen molar-refractivity contribution in [1.82, 2.24) is 9.88 Å². The molecular weight excluding hydrogens is 340 g/mol. The van der Waals surface area contributed by atoms with Gasteiger partial charge in [-0.3, -0.25) is 4.90 Å². The number of aromatic nitrogens is 1. The highest BCUT2D eigenvalue weighted by atomic mass is 16.5. The summed E-state index contributed by atoms with van der Waals surface area (Å²) in [4.78, 5) is 6.42. The summed E-state index contributed by atoms with van der Waals surface area (Å²) in [6.45, 7) is 3.27. The van der Waals surface area contributed by atoms with Crippen LogP contribution in [0.2, 0.25) is 0 Å². The molecule has 2 aromatic rings. The van der Waals surface area contributed by atoms with Gasteiger partial charge in [0.05, 0.1) is 13.7 Å². The van der Waals surface area contributed by atoms with Crippen LogP contribution in [0.3, 0.4) is 0 Å². The summed E-state index contributed by atoms with van der Waals surface area (Å²) < 4.78 is 10.9. The summed E-state index contributed by atoms with van der Waals surface area (Å²) in [6.07, 6.45) is 4.48. The van der Waals surface area contributed by atoms with Crippen molar-refractivity contribution in [3.05, 3.63) is 29.5 Å². The fourth-order valence-corrected chi connectivity index (χ4v) is 6.52. The zero-order valence-electron chi connectivity index (χ0n) is 16.3. The van der Waals surface area contributed by atoms with Gasteiger partial charge in [-0.15, -0.1) is 0 Å². The van der Waals surface area contributed by atoms with Gasteiger partial charge in [-0.1, -0.05) is 0 Å². The lowest BCUT2D eigenvalue weighted by atomic mass is 9.56. The number of H-pyrrole nitrogens is 1. The molecule has 146 valence electrons. The third-order valence-electron chi connectivity index (χ3n) is 7.42. The average molecular weight is 370 g/mol. The maximum atomic E-state index is 10.8. The van der Waals surface area contributed by atoms with E-state index in [1.165, 1.54) is 29.6 Å². The standard InChI is InChI=1S/C22H30N2O3/c1-26-8-6-15-9-14-11-22(13-25)20-17(5-7-24(12-14)21(15)22)18-10-16(27-2)3-4-19(18)23-20/h3-4,10,14-15,21,23,25H,5-9,11-13H2,1-2H3/t14-,15+,21+,22-/m1/s1. The van der Waals surface area contributed by atoms with Gasteiger partial charge in [-0.2, -0.15) is 0 Å². The van der Waals surface area contributed by atoms with Crippen molar-refractivity contribution < 1.29 is 14.6 Å². The second-order valence-corrected chi connectivity index (χ2v) is 8.74. The molecule has 1 aliphatic carbocycles. The monoisotopic (exact) mass is 370 g/mol. The van der Waals surface area contributed by atoms with Crippen molar-refractivity contribution in [2.24, 2.45) is 11.8 Å². The predicted molar refractivity (Wildman–Crippen MR) is 105 cm³/mol. The zero-order chi connectivity index (χ0) is 18.6. The molecule has 1 saturated carbocycles. The summed E-state index contributed by atoms with van der Waals surface area (Å²) >= 11 is 0. The van der Waals surface area contributed by atoms with Crippen LogP contribution >= 0.6 is 0 Å². The molecule has 1 aromatic heterocycles. The number of benzene rings is 1. The molecule has 3 aliphatic heterocycles. The van der Waals surface area contributed by atoms with E-state index in [0.717, 1.165) is 43.7 Å². The summed E-state index contributed by atoms with van der Waals surface area (Å²) in [5.41, 5.74) is 3.65. The average Bonchev–Trinajstić information content (AvgIpc) is 3.04. The Bertz CT molecular complexity index is 847. The highest BCUT2D eigenvalue weighted by Crippen LogP contribution is 2.54. The Morgan fingerprint density at radius 3 is 3.00 bits per heavy atom. The van der Waals surface area contributed by atoms with E-state index in [1.807, 2.05) is 6.07 Å². The van der Waals surface area contributed by atoms with Crippen LogP contribution in [-0.2, 0) is 16.6 Å². The van der Waals surface area contributed by atoms with Crippen LogP contribution in [0.25, 0.3) is 10.9 Å². The van der Waals surface area contributed by atoms with Crippen molar-refractivity contribution in [3.63, 3.8) is 0 Å². The Balaban J connectivity index is 1.66. The molecular formula is C22H30N2O3. The van der Waals surface area contributed by atoms with Crippen LogP contribution in [0, 0.1) is 11.8 Å². The van der Waals surface area contributed by atoms with Gasteiger partial charge in [0.2, 0.25) is 0 Å². The van der Waals surface area contributed by atoms with E-state index in [1.54, 1.807) is 14.2 Å². The molecule has 2 saturated heterocycles. The summed E-state index contributed by atoms with van der Waals surface area (Å²) in [6, 6.07) is 6.69. The summed E-state index contributed by atoms with van der Waals surface area (Å²) in [7, 11) is 3.51. The van der Waals surface area contributed by atoms with Gasteiger partial charge in [-0.05, 0) is 61.3 Å². The number of hydrogen-bond acceptors (Lipinski definition) is 4. The van der Waals surface area contributed by atoms with Crippen LogP contribution < -0.4 is 4.74 Å². The molecule has 5 atom stereocenters. The first kappa shape index (κ1) is 17.5. The third-order valence-corrected chi connectivity index (χ3v) is 7.42. The molecule has 1 unspecified atom stereocenters. The van der Waals surface area contributed by atoms with Crippen molar-refractivity contribution >= 4 is 10.9 Å². The Morgan fingerprint density at radius 2 is 2.22 bits per heavy atom. The minimum Gasteiger partial charge on any atom is -0.497 e. The SMILES string of the molecule is COCC[C@H]1C[C@H]2CN3CCc4c([nH]c5ccc(OC)cc45)[C@](CO)(C2)[C@H]13. The van der Waals surface area contributed by atoms with E-state index in [0.29, 0.717) is 17.9 Å². The largest absolute Gasteiger partial charge is 0.497 e. The maximum Gasteiger partial charge on any atom is 0.119 e. The highest BCUT2D eigenvalue weighted by molar-refractivity contribution is 5.87. The fraction of sp³-hybridized carbons (Fsp3) is 0.636. The first-order valence-corrected chi connectivity index (χ1v) is 10.2. The first-order chi connectivity index (χ1) is 13.2. The molecule has 0 radical (unpaired) electrons. The Morgan fingerprint density at radius 1 is 1.33 bits per heavy atom. The van der Waals surface area contributed by atoms with Gasteiger partial charge >= 0.3 is 0 Å². The Hall–Kier alpha value is -1.56. The number of hydrogen-bond donors (Lipinski definition) is 2. The van der Waals surface area contributed by atoms with Gasteiger partial charge < -0.3 is 19.6 Å². The lowest BCUT2D eigenvalue weighted by Crippen LogP contribution is -2.65. The number of nitrogens with one attached hydrogen (secondary N) is 1. The van der Waals surface area contributed by atoms with Crippen LogP contribution in [0.5, 0.6) is 5.75 Å². The van der Waals surface area contributed by atoms with Gasteiger partial charge in [0.1, 0.15) is 5.75 Å². The van der Waals surface area contributed by atoms with Crippen LogP contribution in [0.1, 0.15) is 30.5 Å². The van der Waals surface area contributed by atoms with Crippen LogP contribution in [0.15, 0.2) is 18.2 Å². The lowest BCUT2D eigenvalue weighted by Gasteiger charge is -2.59. The number of fused-ring (bicyclic) bond motifs is 4. The van der Waals surface area contributed by atoms with Crippen LogP contribution in [-0.4, -0.2) is 61.6 Å². The smallest absolute Gasteiger partial charge is 0.119 e. The topological polar surface area (TPSA) is 57.7 Å². The summed E-state index contributed by atoms with van der Waals surface area (Å²) in [5, 5.41) is 12.0. The van der Waals surface area contributed by atoms with Crippen molar-refractivity contribution in [1.29, 1.82) is 0 Å². The van der Waals surface area contributed by atoms with E-state index in [-0.39, 0.29) is 12.0 Å². The molecule has 3 fully saturated rings. The van der Waals surface area contributed by atoms with Gasteiger partial charge in [-0.25, -0.2) is 0 Å². The summed E-state index contributed by atoms with van der Waals surface area (Å²) in [5.74, 6) is 2.15. The number of methoxy groups -OCH3 is 2. The number of nitrogens with zero attached hydrogens (tertiary/aromatic N) is 1. The molecule has 6 rings (SSSR count). The fourth-order valence-electron chi connectivity index (χ4n) is 6.52. The normalized spacial score (nSPS) is 34.5. The van der Waals surface area contributed by atoms with Crippen LogP contribution in [0.4, 0.5) is 0 Å². The van der Waals surface area contributed by atoms with E-state index >= 15 is 0 Å². The van der Waals surface area contributed by atoms with Gasteiger partial charge in [0, 0.05) is 54.9 Å². The quantitative estimate of drug-likeness (QED) is 0.850. The number of aliphatic hydroxyl groups excluding tert-OH is 1. The third kappa shape index (κ3) is 2.48. The minimum atomic E-state index is -0.183. The molecule has 2 N–H and O–H groups in total. The molecule has 4 bridgehead atoms. The predicted octanol–water partition coefficient (Wildman–Crippen LogP) is 2.71. The zero-order valence-corrected chi connectivity index (χ0v) is 16.3. The molecule has 5 nitrogen and oxygen atoms in total. The number of rotatable bonds is 5. The second-order valence-electron chi connectivity index (χ2n) is 8.74. The Labute approximate surface area is 160 Å². The van der Waals surface area contributed by atoms with Crippen molar-refractivity contribution in [3.8, 4) is 5.75 Å². The van der Waals surface area contributed by atoms with E-state index < -0.39 is 0 Å². The highest BCUT2D eigenvalue weighted by Gasteiger charge is 2.58. The first-order valence-electron chi connectivity index (χ1n) is 10.2. The van der Waals surface area contributed by atoms with Gasteiger partial charge in [0.15, 0.2) is 0 Å². The number of aromatic amines is 1. The van der Waals surface area contributed by atoms with E-state index in [2.05, 4.69) is 22.0 Å². The molecule has 0 spiro atoms. The molecule has 4 aliphatic rings. The van der Waals surface area contributed by atoms with E-state index in [9.17, 15) is 5.11 Å². The lowest BCUT2D eigenvalue weighted by molar-refractivity contribution is -0.0826. The number of piperidine rings is 2. The number of ether oxygens (including phenoxy) is 2. The number of aliphatic hydroxyl groups is 1. The van der Waals surface area contributed by atoms with Crippen molar-refractivity contribution in [2.45, 2.75) is 37.1 Å². The van der Waals surface area contributed by atoms with Crippen molar-refractivity contribution in [2.75, 3.05) is 40.5 Å². The molecule has 4 heterocycles. The second kappa shape index (κ2) is 6.50. The van der Waals surface area contributed by atoms with E-state index in [4.69, 9.17) is 9.47 Å². The molecule has 1 aromatic carbocycles. The molecule has 27 heavy (non-hydrogen) atoms. The molecule has 5 heteroatoms. The Kier molecular flexibility index (Phi) is 4.22. The maximum absolute atomic E-state index is 10.8. The minimum absolute atomic E-state index is 0.183. The van der Waals surface area contributed by atoms with Gasteiger partial charge in [0.25, 0.3) is 0 Å².